The Hall–Kier alpha value is -1.18. The van der Waals surface area contributed by atoms with Gasteiger partial charge in [0.15, 0.2) is 6.29 Å². The second kappa shape index (κ2) is 10.5. The van der Waals surface area contributed by atoms with E-state index in [4.69, 9.17) is 19.3 Å². The molecule has 0 aliphatic heterocycles. The minimum atomic E-state index is -0.946. The van der Waals surface area contributed by atoms with Crippen LogP contribution in [0.2, 0.25) is 0 Å². The Balaban J connectivity index is 4.25. The largest absolute Gasteiger partial charge is 0.481 e. The number of methoxy groups -OCH3 is 1. The second-order valence-electron chi connectivity index (χ2n) is 5.74. The molecule has 0 rings (SSSR count). The fourth-order valence-electron chi connectivity index (χ4n) is 1.67. The van der Waals surface area contributed by atoms with Crippen LogP contribution in [-0.2, 0) is 23.8 Å². The zero-order valence-electron chi connectivity index (χ0n) is 13.8. The molecule has 0 aromatic heterocycles. The first kappa shape index (κ1) is 20.8. The molecule has 0 aliphatic rings. The number of carboxylic acid groups (broad SMARTS) is 1. The molecule has 0 fully saturated rings. The van der Waals surface area contributed by atoms with Crippen molar-refractivity contribution < 1.29 is 34.0 Å². The van der Waals surface area contributed by atoms with Crippen molar-refractivity contribution in [3.05, 3.63) is 0 Å². The number of rotatable bonds is 12. The molecule has 0 saturated carbocycles. The summed E-state index contributed by atoms with van der Waals surface area (Å²) in [5.74, 6) is -1.44. The minimum absolute atomic E-state index is 0.0343. The van der Waals surface area contributed by atoms with E-state index in [9.17, 15) is 14.7 Å². The summed E-state index contributed by atoms with van der Waals surface area (Å²) < 4.78 is 15.8. The standard InChI is InChI=1S/C15H28O7/c1-5-15(2,3)11(9-16)22-14(20-4)10-21-13(19)8-6-7-12(17)18/h11,14,16H,5-10H2,1-4H3,(H,17,18). The Morgan fingerprint density at radius 3 is 2.32 bits per heavy atom. The minimum Gasteiger partial charge on any atom is -0.481 e. The predicted molar refractivity (Wildman–Crippen MR) is 79.3 cm³/mol. The Morgan fingerprint density at radius 2 is 1.86 bits per heavy atom. The van der Waals surface area contributed by atoms with E-state index in [-0.39, 0.29) is 37.9 Å². The molecule has 22 heavy (non-hydrogen) atoms. The quantitative estimate of drug-likeness (QED) is 0.415. The van der Waals surface area contributed by atoms with Gasteiger partial charge >= 0.3 is 11.9 Å². The molecular weight excluding hydrogens is 292 g/mol. The van der Waals surface area contributed by atoms with Gasteiger partial charge in [0.1, 0.15) is 6.61 Å². The summed E-state index contributed by atoms with van der Waals surface area (Å²) >= 11 is 0. The molecule has 0 saturated heterocycles. The molecule has 130 valence electrons. The number of carbonyl (C=O) groups excluding carboxylic acids is 1. The molecule has 7 nitrogen and oxygen atoms in total. The maximum Gasteiger partial charge on any atom is 0.305 e. The molecule has 0 amide bonds. The number of aliphatic hydroxyl groups is 1. The molecule has 2 N–H and O–H groups in total. The molecule has 2 atom stereocenters. The summed E-state index contributed by atoms with van der Waals surface area (Å²) in [5, 5.41) is 17.9. The van der Waals surface area contributed by atoms with E-state index in [0.717, 1.165) is 6.42 Å². The van der Waals surface area contributed by atoms with Gasteiger partial charge in [-0.25, -0.2) is 0 Å². The lowest BCUT2D eigenvalue weighted by atomic mass is 9.84. The number of hydrogen-bond donors (Lipinski definition) is 2. The van der Waals surface area contributed by atoms with Gasteiger partial charge in [-0.15, -0.1) is 0 Å². The molecule has 0 radical (unpaired) electrons. The van der Waals surface area contributed by atoms with Crippen molar-refractivity contribution in [3.63, 3.8) is 0 Å². The predicted octanol–water partition coefficient (Wildman–Crippen LogP) is 1.57. The molecule has 0 spiro atoms. The fraction of sp³-hybridized carbons (Fsp3) is 0.867. The van der Waals surface area contributed by atoms with E-state index >= 15 is 0 Å². The van der Waals surface area contributed by atoms with Crippen molar-refractivity contribution in [2.75, 3.05) is 20.3 Å². The molecular formula is C15H28O7. The molecule has 0 bridgehead atoms. The Bertz CT molecular complexity index is 341. The fourth-order valence-corrected chi connectivity index (χ4v) is 1.67. The van der Waals surface area contributed by atoms with Crippen LogP contribution < -0.4 is 0 Å². The maximum absolute atomic E-state index is 11.5. The van der Waals surface area contributed by atoms with Gasteiger partial charge in [0.05, 0.1) is 12.7 Å². The molecule has 2 unspecified atom stereocenters. The first-order valence-corrected chi connectivity index (χ1v) is 7.43. The SMILES string of the molecule is CCC(C)(C)C(CO)OC(COC(=O)CCCC(=O)O)OC. The van der Waals surface area contributed by atoms with Crippen molar-refractivity contribution in [1.29, 1.82) is 0 Å². The number of carbonyl (C=O) groups is 2. The van der Waals surface area contributed by atoms with E-state index in [1.165, 1.54) is 7.11 Å². The summed E-state index contributed by atoms with van der Waals surface area (Å²) in [7, 11) is 1.43. The van der Waals surface area contributed by atoms with Gasteiger partial charge in [-0.05, 0) is 18.3 Å². The Morgan fingerprint density at radius 1 is 1.23 bits per heavy atom. The molecule has 0 aromatic carbocycles. The number of carboxylic acids is 1. The van der Waals surface area contributed by atoms with Gasteiger partial charge in [-0.1, -0.05) is 20.8 Å². The highest BCUT2D eigenvalue weighted by atomic mass is 16.7. The lowest BCUT2D eigenvalue weighted by Crippen LogP contribution is -2.40. The van der Waals surface area contributed by atoms with Crippen LogP contribution in [0.25, 0.3) is 0 Å². The first-order chi connectivity index (χ1) is 10.3. The van der Waals surface area contributed by atoms with Gasteiger partial charge in [-0.3, -0.25) is 9.59 Å². The topological polar surface area (TPSA) is 102 Å². The van der Waals surface area contributed by atoms with Crippen LogP contribution in [0.5, 0.6) is 0 Å². The van der Waals surface area contributed by atoms with Gasteiger partial charge in [-0.2, -0.15) is 0 Å². The third-order valence-corrected chi connectivity index (χ3v) is 3.68. The second-order valence-corrected chi connectivity index (χ2v) is 5.74. The Labute approximate surface area is 131 Å². The maximum atomic E-state index is 11.5. The van der Waals surface area contributed by atoms with Crippen LogP contribution in [0.1, 0.15) is 46.5 Å². The number of hydrogen-bond acceptors (Lipinski definition) is 6. The van der Waals surface area contributed by atoms with Crippen LogP contribution in [0, 0.1) is 5.41 Å². The normalized spacial score (nSPS) is 14.4. The number of esters is 1. The summed E-state index contributed by atoms with van der Waals surface area (Å²) in [6.07, 6.45) is -0.207. The molecule has 0 aromatic rings. The average Bonchev–Trinajstić information content (AvgIpc) is 2.46. The lowest BCUT2D eigenvalue weighted by Gasteiger charge is -2.34. The van der Waals surface area contributed by atoms with Gasteiger partial charge in [0.25, 0.3) is 0 Å². The number of aliphatic carboxylic acids is 1. The first-order valence-electron chi connectivity index (χ1n) is 7.43. The summed E-state index contributed by atoms with van der Waals surface area (Å²) in [6.45, 7) is 5.68. The van der Waals surface area contributed by atoms with Gasteiger partial charge < -0.3 is 24.4 Å². The van der Waals surface area contributed by atoms with Crippen molar-refractivity contribution in [3.8, 4) is 0 Å². The van der Waals surface area contributed by atoms with Crippen LogP contribution >= 0.6 is 0 Å². The highest BCUT2D eigenvalue weighted by Gasteiger charge is 2.30. The third kappa shape index (κ3) is 8.31. The number of aliphatic hydroxyl groups excluding tert-OH is 1. The van der Waals surface area contributed by atoms with Crippen LogP contribution in [0.15, 0.2) is 0 Å². The lowest BCUT2D eigenvalue weighted by molar-refractivity contribution is -0.213. The monoisotopic (exact) mass is 320 g/mol. The molecule has 0 heterocycles. The van der Waals surface area contributed by atoms with E-state index in [1.807, 2.05) is 20.8 Å². The summed E-state index contributed by atoms with van der Waals surface area (Å²) in [6, 6.07) is 0. The third-order valence-electron chi connectivity index (χ3n) is 3.68. The highest BCUT2D eigenvalue weighted by Crippen LogP contribution is 2.28. The summed E-state index contributed by atoms with van der Waals surface area (Å²) in [4.78, 5) is 21.8. The highest BCUT2D eigenvalue weighted by molar-refractivity contribution is 5.71. The summed E-state index contributed by atoms with van der Waals surface area (Å²) in [5.41, 5.74) is -0.239. The van der Waals surface area contributed by atoms with E-state index in [1.54, 1.807) is 0 Å². The van der Waals surface area contributed by atoms with E-state index in [2.05, 4.69) is 0 Å². The van der Waals surface area contributed by atoms with Crippen LogP contribution in [0.4, 0.5) is 0 Å². The zero-order valence-corrected chi connectivity index (χ0v) is 13.8. The van der Waals surface area contributed by atoms with E-state index < -0.39 is 24.3 Å². The molecule has 7 heteroatoms. The average molecular weight is 320 g/mol. The van der Waals surface area contributed by atoms with Crippen LogP contribution in [-0.4, -0.2) is 54.9 Å². The van der Waals surface area contributed by atoms with Crippen molar-refractivity contribution in [2.45, 2.75) is 58.8 Å². The van der Waals surface area contributed by atoms with Crippen molar-refractivity contribution in [1.82, 2.24) is 0 Å². The van der Waals surface area contributed by atoms with E-state index in [0.29, 0.717) is 0 Å². The molecule has 0 aliphatic carbocycles. The Kier molecular flexibility index (Phi) is 9.97. The van der Waals surface area contributed by atoms with Crippen LogP contribution in [0.3, 0.4) is 0 Å². The number of ether oxygens (including phenoxy) is 3. The zero-order chi connectivity index (χ0) is 17.2. The van der Waals surface area contributed by atoms with Gasteiger partial charge in [0, 0.05) is 20.0 Å². The van der Waals surface area contributed by atoms with Gasteiger partial charge in [0.2, 0.25) is 0 Å². The van der Waals surface area contributed by atoms with Crippen molar-refractivity contribution >= 4 is 11.9 Å². The smallest absolute Gasteiger partial charge is 0.305 e. The van der Waals surface area contributed by atoms with Crippen molar-refractivity contribution in [2.24, 2.45) is 5.41 Å².